The molecule has 2 rings (SSSR count). The third-order valence-corrected chi connectivity index (χ3v) is 3.24. The highest BCUT2D eigenvalue weighted by molar-refractivity contribution is 5.81. The van der Waals surface area contributed by atoms with Gasteiger partial charge in [0.2, 0.25) is 11.8 Å². The first-order chi connectivity index (χ1) is 11.1. The number of aromatic nitrogens is 1. The quantitative estimate of drug-likeness (QED) is 0.823. The molecule has 0 saturated heterocycles. The number of halogens is 1. The fraction of sp³-hybridized carbons (Fsp3) is 0.294. The van der Waals surface area contributed by atoms with E-state index in [-0.39, 0.29) is 11.7 Å². The largest absolute Gasteiger partial charge is 0.439 e. The average molecular weight is 317 g/mol. The number of nitrogens with one attached hydrogen (secondary N) is 1. The van der Waals surface area contributed by atoms with Crippen molar-refractivity contribution in [2.75, 3.05) is 0 Å². The van der Waals surface area contributed by atoms with Crippen molar-refractivity contribution in [1.82, 2.24) is 10.3 Å². The van der Waals surface area contributed by atoms with Crippen molar-refractivity contribution in [2.45, 2.75) is 32.4 Å². The fourth-order valence-electron chi connectivity index (χ4n) is 2.00. The topological polar surface area (TPSA) is 77.2 Å². The number of rotatable bonds is 7. The normalized spacial score (nSPS) is 11.8. The molecule has 1 heterocycles. The van der Waals surface area contributed by atoms with Crippen LogP contribution in [0.1, 0.15) is 25.3 Å². The Bertz CT molecular complexity index is 647. The summed E-state index contributed by atoms with van der Waals surface area (Å²) in [7, 11) is 0. The third-order valence-electron chi connectivity index (χ3n) is 3.24. The first-order valence-electron chi connectivity index (χ1n) is 7.50. The Kier molecular flexibility index (Phi) is 6.05. The molecule has 1 atom stereocenters. The summed E-state index contributed by atoms with van der Waals surface area (Å²) < 4.78 is 18.4. The molecule has 23 heavy (non-hydrogen) atoms. The maximum Gasteiger partial charge on any atom is 0.237 e. The maximum atomic E-state index is 12.9. The molecule has 1 aromatic carbocycles. The number of nitrogens with zero attached hydrogens (tertiary/aromatic N) is 1. The smallest absolute Gasteiger partial charge is 0.237 e. The van der Waals surface area contributed by atoms with E-state index in [1.54, 1.807) is 18.3 Å². The number of pyridine rings is 1. The van der Waals surface area contributed by atoms with Gasteiger partial charge in [0.1, 0.15) is 11.6 Å². The average Bonchev–Trinajstić information content (AvgIpc) is 2.55. The number of nitrogens with two attached hydrogens (primary N) is 1. The molecule has 0 bridgehead atoms. The molecule has 1 unspecified atom stereocenters. The third kappa shape index (κ3) is 5.34. The van der Waals surface area contributed by atoms with Gasteiger partial charge in [-0.25, -0.2) is 9.37 Å². The first kappa shape index (κ1) is 16.9. The zero-order chi connectivity index (χ0) is 16.7. The zero-order valence-corrected chi connectivity index (χ0v) is 13.0. The second-order valence-corrected chi connectivity index (χ2v) is 5.17. The molecule has 1 aromatic heterocycles. The number of benzene rings is 1. The van der Waals surface area contributed by atoms with Gasteiger partial charge in [-0.1, -0.05) is 13.3 Å². The van der Waals surface area contributed by atoms with Crippen LogP contribution < -0.4 is 15.8 Å². The molecule has 0 radical (unpaired) electrons. The Morgan fingerprint density at radius 1 is 1.35 bits per heavy atom. The molecule has 5 nitrogen and oxygen atoms in total. The SMILES string of the molecule is CCCC(N)C(=O)NCc1ccnc(Oc2ccc(F)cc2)c1. The number of hydrogen-bond donors (Lipinski definition) is 2. The summed E-state index contributed by atoms with van der Waals surface area (Å²) >= 11 is 0. The van der Waals surface area contributed by atoms with Crippen LogP contribution in [0.3, 0.4) is 0 Å². The molecular weight excluding hydrogens is 297 g/mol. The number of ether oxygens (including phenoxy) is 1. The molecule has 0 fully saturated rings. The van der Waals surface area contributed by atoms with Crippen LogP contribution in [-0.2, 0) is 11.3 Å². The molecule has 0 aliphatic rings. The van der Waals surface area contributed by atoms with E-state index in [4.69, 9.17) is 10.5 Å². The van der Waals surface area contributed by atoms with E-state index < -0.39 is 6.04 Å². The summed E-state index contributed by atoms with van der Waals surface area (Å²) in [6, 6.07) is 8.68. The molecule has 0 aliphatic heterocycles. The van der Waals surface area contributed by atoms with E-state index in [0.29, 0.717) is 24.6 Å². The van der Waals surface area contributed by atoms with Gasteiger partial charge in [-0.15, -0.1) is 0 Å². The van der Waals surface area contributed by atoms with Gasteiger partial charge in [0, 0.05) is 18.8 Å². The minimum atomic E-state index is -0.489. The van der Waals surface area contributed by atoms with Crippen LogP contribution in [-0.4, -0.2) is 16.9 Å². The lowest BCUT2D eigenvalue weighted by Gasteiger charge is -2.11. The highest BCUT2D eigenvalue weighted by atomic mass is 19.1. The van der Waals surface area contributed by atoms with Crippen LogP contribution >= 0.6 is 0 Å². The molecule has 3 N–H and O–H groups in total. The van der Waals surface area contributed by atoms with Crippen LogP contribution in [0.15, 0.2) is 42.6 Å². The van der Waals surface area contributed by atoms with Crippen molar-refractivity contribution in [3.8, 4) is 11.6 Å². The molecule has 0 saturated carbocycles. The molecule has 0 aliphatic carbocycles. The van der Waals surface area contributed by atoms with Crippen LogP contribution in [0.2, 0.25) is 0 Å². The second-order valence-electron chi connectivity index (χ2n) is 5.17. The van der Waals surface area contributed by atoms with E-state index in [1.807, 2.05) is 6.92 Å². The Hall–Kier alpha value is -2.47. The highest BCUT2D eigenvalue weighted by Crippen LogP contribution is 2.20. The van der Waals surface area contributed by atoms with Gasteiger partial charge in [-0.2, -0.15) is 0 Å². The molecule has 1 amide bonds. The number of hydrogen-bond acceptors (Lipinski definition) is 4. The van der Waals surface area contributed by atoms with Crippen molar-refractivity contribution in [3.63, 3.8) is 0 Å². The van der Waals surface area contributed by atoms with Gasteiger partial charge in [0.25, 0.3) is 0 Å². The van der Waals surface area contributed by atoms with Gasteiger partial charge >= 0.3 is 0 Å². The first-order valence-corrected chi connectivity index (χ1v) is 7.50. The summed E-state index contributed by atoms with van der Waals surface area (Å²) in [5.74, 6) is 0.362. The van der Waals surface area contributed by atoms with Gasteiger partial charge < -0.3 is 15.8 Å². The van der Waals surface area contributed by atoms with Gasteiger partial charge in [-0.3, -0.25) is 4.79 Å². The molecule has 6 heteroatoms. The Morgan fingerprint density at radius 3 is 2.78 bits per heavy atom. The van der Waals surface area contributed by atoms with E-state index in [9.17, 15) is 9.18 Å². The molecule has 122 valence electrons. The predicted molar refractivity (Wildman–Crippen MR) is 85.4 cm³/mol. The maximum absolute atomic E-state index is 12.9. The zero-order valence-electron chi connectivity index (χ0n) is 13.0. The monoisotopic (exact) mass is 317 g/mol. The van der Waals surface area contributed by atoms with E-state index in [1.165, 1.54) is 24.3 Å². The van der Waals surface area contributed by atoms with Gasteiger partial charge in [0.15, 0.2) is 0 Å². The summed E-state index contributed by atoms with van der Waals surface area (Å²) in [5, 5.41) is 2.79. The summed E-state index contributed by atoms with van der Waals surface area (Å²) in [6.07, 6.45) is 3.10. The Labute approximate surface area is 134 Å². The summed E-state index contributed by atoms with van der Waals surface area (Å²) in [5.41, 5.74) is 6.60. The number of carbonyl (C=O) groups excluding carboxylic acids is 1. The van der Waals surface area contributed by atoms with Crippen molar-refractivity contribution in [3.05, 3.63) is 54.0 Å². The van der Waals surface area contributed by atoms with Crippen LogP contribution in [0.5, 0.6) is 11.6 Å². The summed E-state index contributed by atoms with van der Waals surface area (Å²) in [6.45, 7) is 2.33. The fourth-order valence-corrected chi connectivity index (χ4v) is 2.00. The van der Waals surface area contributed by atoms with Crippen molar-refractivity contribution >= 4 is 5.91 Å². The van der Waals surface area contributed by atoms with Crippen molar-refractivity contribution < 1.29 is 13.9 Å². The lowest BCUT2D eigenvalue weighted by Crippen LogP contribution is -2.40. The van der Waals surface area contributed by atoms with Crippen LogP contribution in [0, 0.1) is 5.82 Å². The molecule has 0 spiro atoms. The van der Waals surface area contributed by atoms with E-state index in [0.717, 1.165) is 12.0 Å². The van der Waals surface area contributed by atoms with Crippen molar-refractivity contribution in [2.24, 2.45) is 5.73 Å². The van der Waals surface area contributed by atoms with Gasteiger partial charge in [-0.05, 0) is 42.3 Å². The molecular formula is C17H20FN3O2. The van der Waals surface area contributed by atoms with E-state index >= 15 is 0 Å². The van der Waals surface area contributed by atoms with Gasteiger partial charge in [0.05, 0.1) is 6.04 Å². The number of amides is 1. The van der Waals surface area contributed by atoms with Crippen molar-refractivity contribution in [1.29, 1.82) is 0 Å². The molecule has 2 aromatic rings. The minimum Gasteiger partial charge on any atom is -0.439 e. The van der Waals surface area contributed by atoms with Crippen LogP contribution in [0.25, 0.3) is 0 Å². The van der Waals surface area contributed by atoms with Crippen LogP contribution in [0.4, 0.5) is 4.39 Å². The minimum absolute atomic E-state index is 0.176. The Balaban J connectivity index is 1.94. The number of carbonyl (C=O) groups is 1. The summed E-state index contributed by atoms with van der Waals surface area (Å²) in [4.78, 5) is 15.9. The lowest BCUT2D eigenvalue weighted by molar-refractivity contribution is -0.122. The Morgan fingerprint density at radius 2 is 2.09 bits per heavy atom. The van der Waals surface area contributed by atoms with E-state index in [2.05, 4.69) is 10.3 Å². The standard InChI is InChI=1S/C17H20FN3O2/c1-2-3-15(19)17(22)21-11-12-8-9-20-16(10-12)23-14-6-4-13(18)5-7-14/h4-10,15H,2-3,11,19H2,1H3,(H,21,22). The lowest BCUT2D eigenvalue weighted by atomic mass is 10.1. The highest BCUT2D eigenvalue weighted by Gasteiger charge is 2.11. The second kappa shape index (κ2) is 8.24. The predicted octanol–water partition coefficient (Wildman–Crippen LogP) is 2.76.